The number of carbonyl (C=O) groups is 1. The van der Waals surface area contributed by atoms with Crippen molar-refractivity contribution in [1.82, 2.24) is 4.90 Å². The summed E-state index contributed by atoms with van der Waals surface area (Å²) in [5.41, 5.74) is 4.07. The quantitative estimate of drug-likeness (QED) is 0.337. The van der Waals surface area contributed by atoms with Gasteiger partial charge < -0.3 is 4.74 Å². The van der Waals surface area contributed by atoms with Crippen LogP contribution in [-0.4, -0.2) is 22.5 Å². The lowest BCUT2D eigenvalue weighted by Gasteiger charge is -2.13. The van der Waals surface area contributed by atoms with Crippen molar-refractivity contribution in [2.24, 2.45) is 4.99 Å². The van der Waals surface area contributed by atoms with Gasteiger partial charge in [0, 0.05) is 11.6 Å². The molecule has 0 N–H and O–H groups in total. The van der Waals surface area contributed by atoms with Crippen molar-refractivity contribution in [1.29, 1.82) is 0 Å². The van der Waals surface area contributed by atoms with Gasteiger partial charge in [0.2, 0.25) is 0 Å². The monoisotopic (exact) mass is 476 g/mol. The van der Waals surface area contributed by atoms with E-state index in [2.05, 4.69) is 43.1 Å². The molecule has 0 unspecified atom stereocenters. The third kappa shape index (κ3) is 6.06. The van der Waals surface area contributed by atoms with E-state index in [-0.39, 0.29) is 5.91 Å². The largest absolute Gasteiger partial charge is 0.489 e. The van der Waals surface area contributed by atoms with Crippen molar-refractivity contribution in [3.63, 3.8) is 0 Å². The molecule has 0 bridgehead atoms. The molecule has 168 valence electrons. The molecule has 0 radical (unpaired) electrons. The van der Waals surface area contributed by atoms with Crippen LogP contribution >= 0.6 is 23.4 Å². The lowest BCUT2D eigenvalue weighted by Crippen LogP contribution is -2.29. The van der Waals surface area contributed by atoms with E-state index in [1.807, 2.05) is 42.5 Å². The van der Waals surface area contributed by atoms with Gasteiger partial charge in [0.25, 0.3) is 5.91 Å². The Morgan fingerprint density at radius 2 is 1.70 bits per heavy atom. The number of carbonyl (C=O) groups excluding carboxylic acids is 1. The molecule has 4 nitrogen and oxygen atoms in total. The maximum absolute atomic E-state index is 13.0. The van der Waals surface area contributed by atoms with Crippen LogP contribution in [-0.2, 0) is 11.4 Å². The fraction of sp³-hybridized carbons (Fsp3) is 0.185. The van der Waals surface area contributed by atoms with Gasteiger partial charge in [-0.25, -0.2) is 4.99 Å². The summed E-state index contributed by atoms with van der Waals surface area (Å²) in [6, 6.07) is 23.4. The third-order valence-electron chi connectivity index (χ3n) is 5.09. The van der Waals surface area contributed by atoms with E-state index in [1.165, 1.54) is 17.3 Å². The molecule has 1 aliphatic heterocycles. The minimum Gasteiger partial charge on any atom is -0.489 e. The molecule has 1 heterocycles. The number of hydrogen-bond acceptors (Lipinski definition) is 4. The number of nitrogens with zero attached hydrogens (tertiary/aromatic N) is 2. The van der Waals surface area contributed by atoms with Crippen LogP contribution in [0.15, 0.2) is 82.7 Å². The fourth-order valence-corrected chi connectivity index (χ4v) is 4.45. The Hall–Kier alpha value is -3.02. The minimum atomic E-state index is -0.0192. The summed E-state index contributed by atoms with van der Waals surface area (Å²) in [4.78, 5) is 20.1. The second-order valence-electron chi connectivity index (χ2n) is 7.78. The lowest BCUT2D eigenvalue weighted by molar-refractivity contribution is -0.122. The molecule has 1 saturated heterocycles. The zero-order chi connectivity index (χ0) is 23.2. The summed E-state index contributed by atoms with van der Waals surface area (Å²) >= 11 is 7.37. The average molecular weight is 477 g/mol. The van der Waals surface area contributed by atoms with Crippen molar-refractivity contribution < 1.29 is 9.53 Å². The molecule has 3 aromatic rings. The highest BCUT2D eigenvalue weighted by atomic mass is 35.5. The highest BCUT2D eigenvalue weighted by molar-refractivity contribution is 8.18. The molecule has 33 heavy (non-hydrogen) atoms. The number of aryl methyl sites for hydroxylation is 1. The number of amides is 1. The number of ether oxygens (including phenoxy) is 1. The number of aliphatic imine (C=N–C) groups is 1. The van der Waals surface area contributed by atoms with Gasteiger partial charge in [-0.15, -0.1) is 0 Å². The predicted molar refractivity (Wildman–Crippen MR) is 138 cm³/mol. The molecule has 0 aliphatic carbocycles. The van der Waals surface area contributed by atoms with Crippen molar-refractivity contribution >= 4 is 46.2 Å². The number of hydrogen-bond donors (Lipinski definition) is 0. The van der Waals surface area contributed by atoms with Gasteiger partial charge >= 0.3 is 0 Å². The summed E-state index contributed by atoms with van der Waals surface area (Å²) in [5, 5.41) is 1.35. The van der Waals surface area contributed by atoms with Gasteiger partial charge in [0.15, 0.2) is 5.17 Å². The van der Waals surface area contributed by atoms with E-state index in [0.29, 0.717) is 28.2 Å². The molecule has 0 saturated carbocycles. The first-order chi connectivity index (χ1) is 16.0. The van der Waals surface area contributed by atoms with Gasteiger partial charge in [-0.3, -0.25) is 9.69 Å². The summed E-state index contributed by atoms with van der Waals surface area (Å²) in [6.07, 6.45) is 2.76. The number of benzene rings is 3. The van der Waals surface area contributed by atoms with Gasteiger partial charge in [0.1, 0.15) is 12.4 Å². The van der Waals surface area contributed by atoms with E-state index in [4.69, 9.17) is 16.3 Å². The lowest BCUT2D eigenvalue weighted by atomic mass is 10.1. The Balaban J connectivity index is 1.47. The molecule has 0 aromatic heterocycles. The van der Waals surface area contributed by atoms with E-state index in [1.54, 1.807) is 17.0 Å². The molecule has 4 rings (SSSR count). The van der Waals surface area contributed by atoms with E-state index in [0.717, 1.165) is 29.0 Å². The number of halogens is 1. The topological polar surface area (TPSA) is 41.9 Å². The third-order valence-corrected chi connectivity index (χ3v) is 6.35. The zero-order valence-electron chi connectivity index (χ0n) is 18.6. The second-order valence-corrected chi connectivity index (χ2v) is 9.23. The Labute approximate surface area is 203 Å². The highest BCUT2D eigenvalue weighted by Gasteiger charge is 2.32. The van der Waals surface area contributed by atoms with E-state index >= 15 is 0 Å². The Bertz CT molecular complexity index is 1170. The normalized spacial score (nSPS) is 16.1. The number of amidine groups is 1. The first kappa shape index (κ1) is 23.1. The summed E-state index contributed by atoms with van der Waals surface area (Å²) in [6.45, 7) is 5.26. The molecule has 0 atom stereocenters. The number of rotatable bonds is 7. The fourth-order valence-electron chi connectivity index (χ4n) is 3.30. The molecule has 0 spiro atoms. The maximum atomic E-state index is 13.0. The molecular weight excluding hydrogens is 452 g/mol. The van der Waals surface area contributed by atoms with Crippen LogP contribution in [0.5, 0.6) is 5.75 Å². The zero-order valence-corrected chi connectivity index (χ0v) is 20.2. The van der Waals surface area contributed by atoms with Crippen LogP contribution in [0.2, 0.25) is 5.02 Å². The highest BCUT2D eigenvalue weighted by Crippen LogP contribution is 2.34. The van der Waals surface area contributed by atoms with Crippen molar-refractivity contribution in [3.8, 4) is 5.75 Å². The molecule has 6 heteroatoms. The molecular formula is C27H25ClN2O2S. The van der Waals surface area contributed by atoms with Crippen molar-refractivity contribution in [2.75, 3.05) is 6.54 Å². The van der Waals surface area contributed by atoms with Crippen LogP contribution in [0.4, 0.5) is 5.69 Å². The molecule has 1 fully saturated rings. The van der Waals surface area contributed by atoms with Gasteiger partial charge in [-0.2, -0.15) is 0 Å². The van der Waals surface area contributed by atoms with Gasteiger partial charge in [-0.05, 0) is 78.7 Å². The Kier molecular flexibility index (Phi) is 7.53. The summed E-state index contributed by atoms with van der Waals surface area (Å²) in [5.74, 6) is 0.773. The SMILES string of the molecule is CCCN1C(=O)/C(=C/c2ccc(OCc3ccc(C)cc3)cc2)SC1=Nc1ccc(Cl)cc1. The maximum Gasteiger partial charge on any atom is 0.266 e. The standard InChI is InChI=1S/C27H25ClN2O2S/c1-3-16-30-26(31)25(33-27(30)29-23-12-10-22(28)11-13-23)17-20-8-14-24(15-9-20)32-18-21-6-4-19(2)5-7-21/h4-15,17H,3,16,18H2,1-2H3/b25-17-,29-27?. The first-order valence-electron chi connectivity index (χ1n) is 10.9. The first-order valence-corrected chi connectivity index (χ1v) is 12.1. The minimum absolute atomic E-state index is 0.0192. The van der Waals surface area contributed by atoms with Crippen LogP contribution in [0.25, 0.3) is 6.08 Å². The Morgan fingerprint density at radius 3 is 2.36 bits per heavy atom. The smallest absolute Gasteiger partial charge is 0.266 e. The second kappa shape index (κ2) is 10.7. The summed E-state index contributed by atoms with van der Waals surface area (Å²) in [7, 11) is 0. The molecule has 1 aliphatic rings. The van der Waals surface area contributed by atoms with Crippen LogP contribution in [0.1, 0.15) is 30.0 Å². The van der Waals surface area contributed by atoms with Crippen molar-refractivity contribution in [2.45, 2.75) is 26.9 Å². The average Bonchev–Trinajstić information content (AvgIpc) is 3.10. The van der Waals surface area contributed by atoms with Crippen LogP contribution in [0, 0.1) is 6.92 Å². The van der Waals surface area contributed by atoms with Gasteiger partial charge in [0.05, 0.1) is 10.6 Å². The number of thioether (sulfide) groups is 1. The molecule has 3 aromatic carbocycles. The van der Waals surface area contributed by atoms with E-state index in [9.17, 15) is 4.79 Å². The Morgan fingerprint density at radius 1 is 1.00 bits per heavy atom. The van der Waals surface area contributed by atoms with Crippen LogP contribution < -0.4 is 4.74 Å². The predicted octanol–water partition coefficient (Wildman–Crippen LogP) is 7.24. The van der Waals surface area contributed by atoms with Crippen LogP contribution in [0.3, 0.4) is 0 Å². The van der Waals surface area contributed by atoms with E-state index < -0.39 is 0 Å². The van der Waals surface area contributed by atoms with Gasteiger partial charge in [-0.1, -0.05) is 60.5 Å². The molecule has 1 amide bonds. The van der Waals surface area contributed by atoms with Crippen molar-refractivity contribution in [3.05, 3.63) is 99.4 Å². The summed E-state index contributed by atoms with van der Waals surface area (Å²) < 4.78 is 5.89.